The van der Waals surface area contributed by atoms with Crippen LogP contribution >= 0.6 is 23.2 Å². The summed E-state index contributed by atoms with van der Waals surface area (Å²) in [5.41, 5.74) is 0.754. The second kappa shape index (κ2) is 10.1. The van der Waals surface area contributed by atoms with Crippen molar-refractivity contribution in [2.24, 2.45) is 0 Å². The Kier molecular flexibility index (Phi) is 7.09. The second-order valence-electron chi connectivity index (χ2n) is 7.73. The van der Waals surface area contributed by atoms with Crippen molar-refractivity contribution in [3.8, 4) is 22.9 Å². The van der Waals surface area contributed by atoms with Gasteiger partial charge < -0.3 is 15.2 Å². The Morgan fingerprint density at radius 1 is 1.06 bits per heavy atom. The summed E-state index contributed by atoms with van der Waals surface area (Å²) >= 11 is 11.8. The standard InChI is InChI=1S/C24H17Cl2F3N4O3/c1-13-6-15(24(27,28)29)8-18(7-13)36-17-4-2-14(3-5-17)11-30-23(35)22-31-12-33(32-22)16-9-19(25)21(34)20(26)10-16/h2-10,12,34H,11H2,1H3,(H,30,35). The van der Waals surface area contributed by atoms with Gasteiger partial charge in [-0.1, -0.05) is 35.3 Å². The zero-order chi connectivity index (χ0) is 26.0. The van der Waals surface area contributed by atoms with Gasteiger partial charge in [0.15, 0.2) is 5.75 Å². The van der Waals surface area contributed by atoms with E-state index < -0.39 is 17.6 Å². The van der Waals surface area contributed by atoms with Crippen molar-refractivity contribution in [3.05, 3.63) is 93.5 Å². The van der Waals surface area contributed by atoms with E-state index in [1.807, 2.05) is 0 Å². The van der Waals surface area contributed by atoms with Crippen LogP contribution in [0.1, 0.15) is 27.3 Å². The minimum absolute atomic E-state index is 0.0228. The summed E-state index contributed by atoms with van der Waals surface area (Å²) in [4.78, 5) is 16.4. The van der Waals surface area contributed by atoms with Gasteiger partial charge >= 0.3 is 6.18 Å². The van der Waals surface area contributed by atoms with Gasteiger partial charge in [0.2, 0.25) is 5.82 Å². The summed E-state index contributed by atoms with van der Waals surface area (Å²) in [6.07, 6.45) is -3.17. The number of phenolic OH excluding ortho intramolecular Hbond substituents is 1. The molecule has 0 radical (unpaired) electrons. The smallest absolute Gasteiger partial charge is 0.416 e. The molecule has 0 spiro atoms. The van der Waals surface area contributed by atoms with Crippen molar-refractivity contribution in [1.82, 2.24) is 20.1 Å². The molecule has 0 aliphatic carbocycles. The second-order valence-corrected chi connectivity index (χ2v) is 8.55. The van der Waals surface area contributed by atoms with E-state index >= 15 is 0 Å². The summed E-state index contributed by atoms with van der Waals surface area (Å²) < 4.78 is 45.9. The summed E-state index contributed by atoms with van der Waals surface area (Å²) in [6.45, 7) is 1.70. The van der Waals surface area contributed by atoms with Gasteiger partial charge in [-0.25, -0.2) is 9.67 Å². The molecule has 0 saturated heterocycles. The average Bonchev–Trinajstić information content (AvgIpc) is 3.31. The molecule has 7 nitrogen and oxygen atoms in total. The molecule has 3 aromatic carbocycles. The minimum Gasteiger partial charge on any atom is -0.505 e. The first-order chi connectivity index (χ1) is 17.0. The molecule has 0 bridgehead atoms. The highest BCUT2D eigenvalue weighted by Crippen LogP contribution is 2.35. The van der Waals surface area contributed by atoms with Crippen molar-refractivity contribution in [2.75, 3.05) is 0 Å². The van der Waals surface area contributed by atoms with E-state index in [1.54, 1.807) is 31.2 Å². The number of phenols is 1. The molecule has 186 valence electrons. The lowest BCUT2D eigenvalue weighted by molar-refractivity contribution is -0.137. The number of alkyl halides is 3. The number of carbonyl (C=O) groups excluding carboxylic acids is 1. The van der Waals surface area contributed by atoms with Crippen LogP contribution < -0.4 is 10.1 Å². The van der Waals surface area contributed by atoms with E-state index in [4.69, 9.17) is 27.9 Å². The highest BCUT2D eigenvalue weighted by molar-refractivity contribution is 6.37. The van der Waals surface area contributed by atoms with Gasteiger partial charge in [-0.2, -0.15) is 13.2 Å². The van der Waals surface area contributed by atoms with Crippen LogP contribution in [0.5, 0.6) is 17.2 Å². The van der Waals surface area contributed by atoms with E-state index in [1.165, 1.54) is 29.2 Å². The Bertz CT molecular complexity index is 1400. The van der Waals surface area contributed by atoms with E-state index in [9.17, 15) is 23.1 Å². The number of aromatic nitrogens is 3. The van der Waals surface area contributed by atoms with Gasteiger partial charge in [0.25, 0.3) is 5.91 Å². The quantitative estimate of drug-likeness (QED) is 0.300. The summed E-state index contributed by atoms with van der Waals surface area (Å²) in [7, 11) is 0. The minimum atomic E-state index is -4.47. The van der Waals surface area contributed by atoms with Crippen molar-refractivity contribution in [3.63, 3.8) is 0 Å². The first-order valence-corrected chi connectivity index (χ1v) is 11.1. The Morgan fingerprint density at radius 2 is 1.72 bits per heavy atom. The number of aromatic hydroxyl groups is 1. The molecule has 0 atom stereocenters. The number of aryl methyl sites for hydroxylation is 1. The Hall–Kier alpha value is -3.76. The molecule has 4 aromatic rings. The highest BCUT2D eigenvalue weighted by Gasteiger charge is 2.31. The average molecular weight is 537 g/mol. The third-order valence-electron chi connectivity index (χ3n) is 4.95. The first-order valence-electron chi connectivity index (χ1n) is 10.3. The highest BCUT2D eigenvalue weighted by atomic mass is 35.5. The van der Waals surface area contributed by atoms with E-state index in [0.29, 0.717) is 22.6 Å². The summed E-state index contributed by atoms with van der Waals surface area (Å²) in [5.74, 6) is -0.488. The van der Waals surface area contributed by atoms with Crippen molar-refractivity contribution >= 4 is 29.1 Å². The van der Waals surface area contributed by atoms with Gasteiger partial charge in [-0.05, 0) is 60.5 Å². The number of rotatable bonds is 6. The number of hydrogen-bond acceptors (Lipinski definition) is 5. The number of nitrogens with zero attached hydrogens (tertiary/aromatic N) is 3. The van der Waals surface area contributed by atoms with E-state index in [-0.39, 0.29) is 33.9 Å². The number of nitrogens with one attached hydrogen (secondary N) is 1. The Morgan fingerprint density at radius 3 is 2.36 bits per heavy atom. The maximum atomic E-state index is 13.0. The zero-order valence-corrected chi connectivity index (χ0v) is 20.0. The number of hydrogen-bond donors (Lipinski definition) is 2. The van der Waals surface area contributed by atoms with Crippen LogP contribution in [0.3, 0.4) is 0 Å². The molecule has 12 heteroatoms. The van der Waals surface area contributed by atoms with Crippen LogP contribution in [0.25, 0.3) is 5.69 Å². The number of benzene rings is 3. The lowest BCUT2D eigenvalue weighted by Crippen LogP contribution is -2.24. The molecule has 0 unspecified atom stereocenters. The van der Waals surface area contributed by atoms with E-state index in [0.717, 1.165) is 12.1 Å². The molecule has 0 aliphatic rings. The maximum Gasteiger partial charge on any atom is 0.416 e. The number of halogens is 5. The Balaban J connectivity index is 1.38. The van der Waals surface area contributed by atoms with Crippen molar-refractivity contribution in [2.45, 2.75) is 19.6 Å². The molecular weight excluding hydrogens is 520 g/mol. The fourth-order valence-corrected chi connectivity index (χ4v) is 3.69. The van der Waals surface area contributed by atoms with Crippen LogP contribution in [-0.4, -0.2) is 25.8 Å². The van der Waals surface area contributed by atoms with Crippen molar-refractivity contribution < 1.29 is 27.8 Å². The fraction of sp³-hybridized carbons (Fsp3) is 0.125. The SMILES string of the molecule is Cc1cc(Oc2ccc(CNC(=O)c3ncn(-c4cc(Cl)c(O)c(Cl)c4)n3)cc2)cc(C(F)(F)F)c1. The molecule has 0 aliphatic heterocycles. The third kappa shape index (κ3) is 5.89. The largest absolute Gasteiger partial charge is 0.505 e. The summed E-state index contributed by atoms with van der Waals surface area (Å²) in [6, 6.07) is 12.8. The zero-order valence-electron chi connectivity index (χ0n) is 18.5. The topological polar surface area (TPSA) is 89.3 Å². The van der Waals surface area contributed by atoms with Crippen LogP contribution in [0.15, 0.2) is 60.9 Å². The van der Waals surface area contributed by atoms with Crippen LogP contribution in [0, 0.1) is 6.92 Å². The number of amides is 1. The monoisotopic (exact) mass is 536 g/mol. The predicted octanol–water partition coefficient (Wildman–Crippen LogP) is 6.33. The van der Waals surface area contributed by atoms with Crippen LogP contribution in [0.2, 0.25) is 10.0 Å². The molecular formula is C24H17Cl2F3N4O3. The van der Waals surface area contributed by atoms with E-state index in [2.05, 4.69) is 15.4 Å². The molecule has 36 heavy (non-hydrogen) atoms. The van der Waals surface area contributed by atoms with Crippen molar-refractivity contribution in [1.29, 1.82) is 0 Å². The Labute approximate surface area is 213 Å². The maximum absolute atomic E-state index is 13.0. The van der Waals surface area contributed by atoms with Crippen LogP contribution in [-0.2, 0) is 12.7 Å². The molecule has 4 rings (SSSR count). The van der Waals surface area contributed by atoms with Gasteiger partial charge in [-0.15, -0.1) is 5.10 Å². The van der Waals surface area contributed by atoms with Crippen LogP contribution in [0.4, 0.5) is 13.2 Å². The van der Waals surface area contributed by atoms with Gasteiger partial charge in [0.1, 0.15) is 17.8 Å². The lowest BCUT2D eigenvalue weighted by Gasteiger charge is -2.12. The molecule has 0 saturated carbocycles. The molecule has 0 fully saturated rings. The molecule has 1 aromatic heterocycles. The normalized spacial score (nSPS) is 11.4. The van der Waals surface area contributed by atoms with Gasteiger partial charge in [-0.3, -0.25) is 4.79 Å². The van der Waals surface area contributed by atoms with Gasteiger partial charge in [0, 0.05) is 6.54 Å². The lowest BCUT2D eigenvalue weighted by atomic mass is 10.1. The number of carbonyl (C=O) groups is 1. The number of ether oxygens (including phenoxy) is 1. The summed E-state index contributed by atoms with van der Waals surface area (Å²) in [5, 5.41) is 16.5. The first kappa shape index (κ1) is 25.3. The predicted molar refractivity (Wildman–Crippen MR) is 127 cm³/mol. The molecule has 1 amide bonds. The fourth-order valence-electron chi connectivity index (χ4n) is 3.22. The third-order valence-corrected chi connectivity index (χ3v) is 5.53. The molecule has 2 N–H and O–H groups in total. The van der Waals surface area contributed by atoms with Gasteiger partial charge in [0.05, 0.1) is 21.3 Å². The molecule has 1 heterocycles.